The first-order valence-electron chi connectivity index (χ1n) is 5.95. The number of carbonyl (C=O) groups excluding carboxylic acids is 2. The summed E-state index contributed by atoms with van der Waals surface area (Å²) in [4.78, 5) is 25.1. The van der Waals surface area contributed by atoms with Gasteiger partial charge in [-0.25, -0.2) is 0 Å². The van der Waals surface area contributed by atoms with Crippen molar-refractivity contribution in [3.63, 3.8) is 0 Å². The molecule has 1 aromatic carbocycles. The Hall–Kier alpha value is -2.87. The number of nitrogens with one attached hydrogen (secondary N) is 1. The average Bonchev–Trinajstić information content (AvgIpc) is 2.46. The number of nitriles is 1. The molecule has 0 radical (unpaired) electrons. The second-order valence-electron chi connectivity index (χ2n) is 3.90. The lowest BCUT2D eigenvalue weighted by Gasteiger charge is -2.18. The fourth-order valence-electron chi connectivity index (χ4n) is 1.56. The van der Waals surface area contributed by atoms with Crippen LogP contribution in [0, 0.1) is 11.3 Å². The Morgan fingerprint density at radius 1 is 1.25 bits per heavy atom. The van der Waals surface area contributed by atoms with Crippen LogP contribution in [0.25, 0.3) is 0 Å². The highest BCUT2D eigenvalue weighted by Gasteiger charge is 2.20. The van der Waals surface area contributed by atoms with Crippen LogP contribution in [0.4, 0.5) is 5.69 Å². The molecule has 0 fully saturated rings. The highest BCUT2D eigenvalue weighted by molar-refractivity contribution is 6.39. The molecule has 0 spiro atoms. The SMILES string of the molecule is C=CCN(CC=C)C(=O)C(=O)Nc1ccccc1C#N. The van der Waals surface area contributed by atoms with Crippen LogP contribution < -0.4 is 5.32 Å². The zero-order chi connectivity index (χ0) is 15.0. The minimum Gasteiger partial charge on any atom is -0.327 e. The van der Waals surface area contributed by atoms with Crippen molar-refractivity contribution in [3.05, 3.63) is 55.1 Å². The van der Waals surface area contributed by atoms with Crippen molar-refractivity contribution >= 4 is 17.5 Å². The number of nitrogens with zero attached hydrogens (tertiary/aromatic N) is 2. The van der Waals surface area contributed by atoms with Gasteiger partial charge in [-0.05, 0) is 12.1 Å². The Bertz CT molecular complexity index is 563. The Morgan fingerprint density at radius 3 is 2.40 bits per heavy atom. The summed E-state index contributed by atoms with van der Waals surface area (Å²) in [7, 11) is 0. The molecule has 102 valence electrons. The molecule has 1 N–H and O–H groups in total. The van der Waals surface area contributed by atoms with E-state index in [1.807, 2.05) is 6.07 Å². The van der Waals surface area contributed by atoms with Gasteiger partial charge in [0, 0.05) is 13.1 Å². The topological polar surface area (TPSA) is 73.2 Å². The molecule has 5 nitrogen and oxygen atoms in total. The Morgan fingerprint density at radius 2 is 1.85 bits per heavy atom. The Balaban J connectivity index is 2.84. The fourth-order valence-corrected chi connectivity index (χ4v) is 1.56. The molecule has 1 rings (SSSR count). The molecular weight excluding hydrogens is 254 g/mol. The first-order chi connectivity index (χ1) is 9.63. The third-order valence-electron chi connectivity index (χ3n) is 2.48. The quantitative estimate of drug-likeness (QED) is 0.653. The third-order valence-corrected chi connectivity index (χ3v) is 2.48. The first kappa shape index (κ1) is 15.2. The van der Waals surface area contributed by atoms with Gasteiger partial charge < -0.3 is 10.2 Å². The van der Waals surface area contributed by atoms with E-state index in [0.29, 0.717) is 11.3 Å². The molecule has 0 aliphatic heterocycles. The normalized spacial score (nSPS) is 9.15. The molecule has 0 atom stereocenters. The number of benzene rings is 1. The minimum atomic E-state index is -0.795. The molecule has 5 heteroatoms. The lowest BCUT2D eigenvalue weighted by Crippen LogP contribution is -2.40. The van der Waals surface area contributed by atoms with Crippen LogP contribution in [-0.4, -0.2) is 29.8 Å². The molecule has 0 unspecified atom stereocenters. The van der Waals surface area contributed by atoms with Crippen LogP contribution in [0.1, 0.15) is 5.56 Å². The second kappa shape index (κ2) is 7.54. The predicted octanol–water partition coefficient (Wildman–Crippen LogP) is 1.70. The van der Waals surface area contributed by atoms with E-state index in [9.17, 15) is 9.59 Å². The molecular formula is C15H15N3O2. The van der Waals surface area contributed by atoms with E-state index in [4.69, 9.17) is 5.26 Å². The molecule has 0 saturated carbocycles. The van der Waals surface area contributed by atoms with Gasteiger partial charge >= 0.3 is 11.8 Å². The molecule has 0 aliphatic carbocycles. The summed E-state index contributed by atoms with van der Waals surface area (Å²) in [6, 6.07) is 8.42. The van der Waals surface area contributed by atoms with E-state index in [0.717, 1.165) is 0 Å². The van der Waals surface area contributed by atoms with E-state index >= 15 is 0 Å². The van der Waals surface area contributed by atoms with Gasteiger partial charge in [0.15, 0.2) is 0 Å². The molecule has 2 amide bonds. The van der Waals surface area contributed by atoms with Gasteiger partial charge in [0.1, 0.15) is 6.07 Å². The maximum atomic E-state index is 12.0. The van der Waals surface area contributed by atoms with Crippen LogP contribution in [0.3, 0.4) is 0 Å². The van der Waals surface area contributed by atoms with Crippen molar-refractivity contribution in [1.82, 2.24) is 4.90 Å². The number of carbonyl (C=O) groups is 2. The Kier molecular flexibility index (Phi) is 5.73. The average molecular weight is 269 g/mol. The van der Waals surface area contributed by atoms with E-state index in [1.54, 1.807) is 24.3 Å². The smallest absolute Gasteiger partial charge is 0.313 e. The number of hydrogen-bond donors (Lipinski definition) is 1. The lowest BCUT2D eigenvalue weighted by molar-refractivity contribution is -0.142. The second-order valence-corrected chi connectivity index (χ2v) is 3.90. The van der Waals surface area contributed by atoms with Crippen molar-refractivity contribution in [3.8, 4) is 6.07 Å². The molecule has 0 saturated heterocycles. The summed E-state index contributed by atoms with van der Waals surface area (Å²) >= 11 is 0. The summed E-state index contributed by atoms with van der Waals surface area (Å²) in [6.07, 6.45) is 3.05. The number of para-hydroxylation sites is 1. The zero-order valence-electron chi connectivity index (χ0n) is 11.0. The first-order valence-corrected chi connectivity index (χ1v) is 5.95. The van der Waals surface area contributed by atoms with Crippen LogP contribution in [0.15, 0.2) is 49.6 Å². The minimum absolute atomic E-state index is 0.248. The highest BCUT2D eigenvalue weighted by atomic mass is 16.2. The van der Waals surface area contributed by atoms with E-state index < -0.39 is 11.8 Å². The lowest BCUT2D eigenvalue weighted by atomic mass is 10.2. The maximum absolute atomic E-state index is 12.0. The Labute approximate surface area is 117 Å². The van der Waals surface area contributed by atoms with Crippen LogP contribution >= 0.6 is 0 Å². The van der Waals surface area contributed by atoms with Gasteiger partial charge in [-0.3, -0.25) is 9.59 Å². The van der Waals surface area contributed by atoms with Gasteiger partial charge in [0.05, 0.1) is 11.3 Å². The fraction of sp³-hybridized carbons (Fsp3) is 0.133. The van der Waals surface area contributed by atoms with Gasteiger partial charge in [-0.2, -0.15) is 5.26 Å². The molecule has 0 heterocycles. The zero-order valence-corrected chi connectivity index (χ0v) is 11.0. The summed E-state index contributed by atoms with van der Waals surface area (Å²) in [5.41, 5.74) is 0.609. The van der Waals surface area contributed by atoms with E-state index in [2.05, 4.69) is 18.5 Å². The van der Waals surface area contributed by atoms with Crippen molar-refractivity contribution in [2.75, 3.05) is 18.4 Å². The molecule has 1 aromatic rings. The van der Waals surface area contributed by atoms with Gasteiger partial charge in [0.25, 0.3) is 0 Å². The molecule has 20 heavy (non-hydrogen) atoms. The van der Waals surface area contributed by atoms with Crippen molar-refractivity contribution in [2.45, 2.75) is 0 Å². The summed E-state index contributed by atoms with van der Waals surface area (Å²) in [6.45, 7) is 7.56. The number of anilines is 1. The number of hydrogen-bond acceptors (Lipinski definition) is 3. The number of rotatable bonds is 5. The van der Waals surface area contributed by atoms with Crippen LogP contribution in [-0.2, 0) is 9.59 Å². The molecule has 0 aromatic heterocycles. The largest absolute Gasteiger partial charge is 0.327 e. The van der Waals surface area contributed by atoms with Gasteiger partial charge in [0.2, 0.25) is 0 Å². The number of amides is 2. The van der Waals surface area contributed by atoms with Crippen molar-refractivity contribution in [2.24, 2.45) is 0 Å². The van der Waals surface area contributed by atoms with E-state index in [-0.39, 0.29) is 13.1 Å². The molecule has 0 aliphatic rings. The summed E-state index contributed by atoms with van der Waals surface area (Å²) < 4.78 is 0. The van der Waals surface area contributed by atoms with Crippen molar-refractivity contribution in [1.29, 1.82) is 5.26 Å². The standard InChI is InChI=1S/C15H15N3O2/c1-3-9-18(10-4-2)15(20)14(19)17-13-8-6-5-7-12(13)11-16/h3-8H,1-2,9-10H2,(H,17,19). The summed E-state index contributed by atoms with van der Waals surface area (Å²) in [5.74, 6) is -1.49. The van der Waals surface area contributed by atoms with E-state index in [1.165, 1.54) is 17.1 Å². The van der Waals surface area contributed by atoms with Gasteiger partial charge in [-0.1, -0.05) is 24.3 Å². The molecule has 0 bridgehead atoms. The van der Waals surface area contributed by atoms with Crippen molar-refractivity contribution < 1.29 is 9.59 Å². The monoisotopic (exact) mass is 269 g/mol. The third kappa shape index (κ3) is 3.82. The predicted molar refractivity (Wildman–Crippen MR) is 76.8 cm³/mol. The van der Waals surface area contributed by atoms with Gasteiger partial charge in [-0.15, -0.1) is 13.2 Å². The van der Waals surface area contributed by atoms with Crippen LogP contribution in [0.5, 0.6) is 0 Å². The maximum Gasteiger partial charge on any atom is 0.313 e. The highest BCUT2D eigenvalue weighted by Crippen LogP contribution is 2.13. The summed E-state index contributed by atoms with van der Waals surface area (Å²) in [5, 5.41) is 11.4. The van der Waals surface area contributed by atoms with Crippen LogP contribution in [0.2, 0.25) is 0 Å².